The van der Waals surface area contributed by atoms with E-state index in [-0.39, 0.29) is 5.82 Å². The first-order valence-corrected chi connectivity index (χ1v) is 12.8. The van der Waals surface area contributed by atoms with Gasteiger partial charge in [-0.05, 0) is 62.4 Å². The van der Waals surface area contributed by atoms with E-state index in [0.717, 1.165) is 55.5 Å². The van der Waals surface area contributed by atoms with Gasteiger partial charge in [0.2, 0.25) is 0 Å². The van der Waals surface area contributed by atoms with Crippen LogP contribution in [0.5, 0.6) is 0 Å². The number of nitrogens with zero attached hydrogens (tertiary/aromatic N) is 6. The van der Waals surface area contributed by atoms with E-state index in [0.29, 0.717) is 29.4 Å². The Morgan fingerprint density at radius 2 is 1.79 bits per heavy atom. The number of aromatic nitrogens is 5. The van der Waals surface area contributed by atoms with E-state index < -0.39 is 23.4 Å². The summed E-state index contributed by atoms with van der Waals surface area (Å²) < 4.78 is 41.1. The third kappa shape index (κ3) is 4.62. The van der Waals surface area contributed by atoms with Crippen molar-refractivity contribution in [2.75, 3.05) is 30.4 Å². The lowest BCUT2D eigenvalue weighted by molar-refractivity contribution is 0.421. The zero-order valence-electron chi connectivity index (χ0n) is 20.9. The molecule has 2 fully saturated rings. The van der Waals surface area contributed by atoms with Crippen molar-refractivity contribution in [3.63, 3.8) is 0 Å². The second-order valence-corrected chi connectivity index (χ2v) is 9.86. The van der Waals surface area contributed by atoms with Crippen LogP contribution in [0, 0.1) is 17.6 Å². The Kier molecular flexibility index (Phi) is 6.52. The number of rotatable bonds is 6. The van der Waals surface area contributed by atoms with Crippen molar-refractivity contribution < 1.29 is 13.2 Å². The van der Waals surface area contributed by atoms with Crippen molar-refractivity contribution in [1.82, 2.24) is 30.2 Å². The minimum absolute atomic E-state index is 0.193. The van der Waals surface area contributed by atoms with Gasteiger partial charge in [0.05, 0.1) is 11.7 Å². The Bertz CT molecular complexity index is 1490. The summed E-state index contributed by atoms with van der Waals surface area (Å²) >= 11 is 0. The van der Waals surface area contributed by atoms with Crippen molar-refractivity contribution in [3.05, 3.63) is 59.9 Å². The van der Waals surface area contributed by atoms with Gasteiger partial charge < -0.3 is 15.5 Å². The van der Waals surface area contributed by atoms with Crippen LogP contribution in [0.4, 0.5) is 30.6 Å². The van der Waals surface area contributed by atoms with E-state index in [1.165, 1.54) is 18.2 Å². The molecule has 0 amide bonds. The first-order chi connectivity index (χ1) is 18.5. The normalized spacial score (nSPS) is 16.4. The SMILES string of the molecule is CN(c1nc(-c2ccnc(Nc3nc(F)c(F)cc3F)c2)nc2cncc(C3CCC3)c12)C1CCNCC1. The molecule has 5 heterocycles. The molecule has 4 aromatic rings. The van der Waals surface area contributed by atoms with Crippen molar-refractivity contribution >= 4 is 28.4 Å². The Balaban J connectivity index is 1.43. The topological polar surface area (TPSA) is 91.8 Å². The maximum Gasteiger partial charge on any atom is 0.251 e. The summed E-state index contributed by atoms with van der Waals surface area (Å²) in [6, 6.07) is 4.15. The molecule has 1 saturated heterocycles. The highest BCUT2D eigenvalue weighted by molar-refractivity contribution is 5.94. The second-order valence-electron chi connectivity index (χ2n) is 9.86. The predicted octanol–water partition coefficient (Wildman–Crippen LogP) is 5.10. The molecule has 1 aliphatic carbocycles. The smallest absolute Gasteiger partial charge is 0.251 e. The second kappa shape index (κ2) is 10.1. The van der Waals surface area contributed by atoms with E-state index in [4.69, 9.17) is 9.97 Å². The Labute approximate surface area is 217 Å². The standard InChI is InChI=1S/C27H27F3N8/c1-38(17-6-8-31-9-7-17)27-23-18(15-3-2-4-15)13-32-14-21(23)34-25(37-27)16-5-10-33-22(11-16)35-26-20(29)12-19(28)24(30)36-26/h5,10-15,17,31H,2-4,6-9H2,1H3,(H,33,35,36). The minimum atomic E-state index is -1.40. The van der Waals surface area contributed by atoms with Crippen LogP contribution in [0.1, 0.15) is 43.6 Å². The van der Waals surface area contributed by atoms with Gasteiger partial charge in [0.1, 0.15) is 11.6 Å². The maximum absolute atomic E-state index is 14.2. The van der Waals surface area contributed by atoms with E-state index in [9.17, 15) is 13.2 Å². The van der Waals surface area contributed by atoms with Crippen LogP contribution in [0.25, 0.3) is 22.3 Å². The highest BCUT2D eigenvalue weighted by atomic mass is 19.2. The molecule has 196 valence electrons. The lowest BCUT2D eigenvalue weighted by atomic mass is 9.79. The molecule has 1 aliphatic heterocycles. The van der Waals surface area contributed by atoms with Crippen molar-refractivity contribution in [3.8, 4) is 11.4 Å². The van der Waals surface area contributed by atoms with E-state index >= 15 is 0 Å². The summed E-state index contributed by atoms with van der Waals surface area (Å²) in [5.41, 5.74) is 2.57. The molecule has 0 radical (unpaired) electrons. The maximum atomic E-state index is 14.2. The average molecular weight is 521 g/mol. The highest BCUT2D eigenvalue weighted by Crippen LogP contribution is 2.42. The molecule has 0 aromatic carbocycles. The van der Waals surface area contributed by atoms with Gasteiger partial charge in [-0.3, -0.25) is 4.98 Å². The Morgan fingerprint density at radius 1 is 0.974 bits per heavy atom. The van der Waals surface area contributed by atoms with Gasteiger partial charge >= 0.3 is 0 Å². The summed E-state index contributed by atoms with van der Waals surface area (Å²) in [4.78, 5) is 24.2. The highest BCUT2D eigenvalue weighted by Gasteiger charge is 2.28. The number of hydrogen-bond donors (Lipinski definition) is 2. The predicted molar refractivity (Wildman–Crippen MR) is 139 cm³/mol. The van der Waals surface area contributed by atoms with Gasteiger partial charge in [-0.15, -0.1) is 0 Å². The molecule has 0 spiro atoms. The zero-order chi connectivity index (χ0) is 26.2. The van der Waals surface area contributed by atoms with Crippen LogP contribution in [0.2, 0.25) is 0 Å². The van der Waals surface area contributed by atoms with Crippen LogP contribution < -0.4 is 15.5 Å². The summed E-state index contributed by atoms with van der Waals surface area (Å²) in [6.07, 6.45) is 10.7. The fourth-order valence-electron chi connectivity index (χ4n) is 5.16. The Hall–Kier alpha value is -3.86. The van der Waals surface area contributed by atoms with Crippen LogP contribution in [0.3, 0.4) is 0 Å². The molecule has 2 N–H and O–H groups in total. The van der Waals surface area contributed by atoms with Crippen molar-refractivity contribution in [2.24, 2.45) is 0 Å². The zero-order valence-corrected chi connectivity index (χ0v) is 20.9. The number of piperidine rings is 1. The Morgan fingerprint density at radius 3 is 2.55 bits per heavy atom. The molecule has 4 aromatic heterocycles. The molecule has 2 aliphatic rings. The third-order valence-electron chi connectivity index (χ3n) is 7.50. The molecule has 11 heteroatoms. The molecular formula is C27H27F3N8. The number of halogens is 3. The van der Waals surface area contributed by atoms with Crippen molar-refractivity contribution in [1.29, 1.82) is 0 Å². The van der Waals surface area contributed by atoms with Gasteiger partial charge in [-0.25, -0.2) is 23.7 Å². The largest absolute Gasteiger partial charge is 0.356 e. The summed E-state index contributed by atoms with van der Waals surface area (Å²) in [6.45, 7) is 1.91. The first kappa shape index (κ1) is 24.5. The minimum Gasteiger partial charge on any atom is -0.356 e. The van der Waals surface area contributed by atoms with Gasteiger partial charge in [0, 0.05) is 42.5 Å². The van der Waals surface area contributed by atoms with Gasteiger partial charge in [-0.1, -0.05) is 6.42 Å². The molecule has 0 bridgehead atoms. The lowest BCUT2D eigenvalue weighted by Crippen LogP contribution is -2.41. The van der Waals surface area contributed by atoms with Gasteiger partial charge in [0.25, 0.3) is 5.95 Å². The van der Waals surface area contributed by atoms with E-state index in [1.54, 1.807) is 18.3 Å². The fraction of sp³-hybridized carbons (Fsp3) is 0.370. The quantitative estimate of drug-likeness (QED) is 0.340. The summed E-state index contributed by atoms with van der Waals surface area (Å²) in [5, 5.41) is 7.08. The molecular weight excluding hydrogens is 493 g/mol. The van der Waals surface area contributed by atoms with Crippen LogP contribution in [0.15, 0.2) is 36.8 Å². The van der Waals surface area contributed by atoms with Crippen molar-refractivity contribution in [2.45, 2.75) is 44.1 Å². The van der Waals surface area contributed by atoms with Gasteiger partial charge in [-0.2, -0.15) is 9.37 Å². The van der Waals surface area contributed by atoms with Gasteiger partial charge in [0.15, 0.2) is 23.3 Å². The number of nitrogens with one attached hydrogen (secondary N) is 2. The number of hydrogen-bond acceptors (Lipinski definition) is 8. The number of anilines is 3. The monoisotopic (exact) mass is 520 g/mol. The lowest BCUT2D eigenvalue weighted by Gasteiger charge is -2.34. The molecule has 1 saturated carbocycles. The molecule has 8 nitrogen and oxygen atoms in total. The average Bonchev–Trinajstić information content (AvgIpc) is 2.90. The summed E-state index contributed by atoms with van der Waals surface area (Å²) in [5.74, 6) is -2.28. The molecule has 0 atom stereocenters. The molecule has 0 unspecified atom stereocenters. The molecule has 38 heavy (non-hydrogen) atoms. The first-order valence-electron chi connectivity index (χ1n) is 12.8. The number of fused-ring (bicyclic) bond motifs is 1. The van der Waals surface area contributed by atoms with E-state index in [1.807, 2.05) is 6.20 Å². The van der Waals surface area contributed by atoms with Crippen LogP contribution in [-0.4, -0.2) is 51.1 Å². The third-order valence-corrected chi connectivity index (χ3v) is 7.50. The van der Waals surface area contributed by atoms with Crippen LogP contribution in [-0.2, 0) is 0 Å². The van der Waals surface area contributed by atoms with Crippen LogP contribution >= 0.6 is 0 Å². The van der Waals surface area contributed by atoms with E-state index in [2.05, 4.69) is 37.5 Å². The summed E-state index contributed by atoms with van der Waals surface area (Å²) in [7, 11) is 2.09. The molecule has 6 rings (SSSR count). The number of pyridine rings is 3. The fourth-order valence-corrected chi connectivity index (χ4v) is 5.16.